The molecule has 1 aliphatic heterocycles. The molecular weight excluding hydrogens is 112 g/mol. The van der Waals surface area contributed by atoms with Crippen molar-refractivity contribution in [3.05, 3.63) is 0 Å². The summed E-state index contributed by atoms with van der Waals surface area (Å²) in [5.74, 6) is 0. The average Bonchev–Trinajstić information content (AvgIpc) is 1.84. The third kappa shape index (κ3) is 1.14. The molecule has 0 aromatic heterocycles. The van der Waals surface area contributed by atoms with Gasteiger partial charge >= 0.3 is 0 Å². The molecule has 0 N–H and O–H groups in total. The largest absolute Gasteiger partial charge is 0.319 e. The van der Waals surface area contributed by atoms with Gasteiger partial charge in [-0.15, -0.1) is 17.7 Å². The molecule has 1 heterocycles. The van der Waals surface area contributed by atoms with Crippen LogP contribution in [0.5, 0.6) is 0 Å². The molecule has 0 radical (unpaired) electrons. The molecule has 0 fully saturated rings. The minimum absolute atomic E-state index is 0.347. The summed E-state index contributed by atoms with van der Waals surface area (Å²) < 4.78 is 4.87. The maximum atomic E-state index is 4.87. The summed E-state index contributed by atoms with van der Waals surface area (Å²) in [5, 5.41) is 6.54. The van der Waals surface area contributed by atoms with Crippen LogP contribution in [0.3, 0.4) is 0 Å². The van der Waals surface area contributed by atoms with Gasteiger partial charge in [-0.25, -0.2) is 0 Å². The maximum absolute atomic E-state index is 4.87. The van der Waals surface area contributed by atoms with Gasteiger partial charge in [-0.3, -0.25) is 0 Å². The number of azo groups is 1. The molecule has 0 aromatic carbocycles. The standard InChI is InChI=1S/C3H6N2OS/c1-3(7)5-4-2-6-3/h7H,2H2,1H3. The second kappa shape index (κ2) is 1.45. The summed E-state index contributed by atoms with van der Waals surface area (Å²) in [6.45, 7) is 2.09. The van der Waals surface area contributed by atoms with E-state index in [0.717, 1.165) is 0 Å². The number of ether oxygens (including phenoxy) is 1. The Morgan fingerprint density at radius 1 is 1.86 bits per heavy atom. The minimum Gasteiger partial charge on any atom is -0.319 e. The zero-order chi connectivity index (χ0) is 5.33. The zero-order valence-corrected chi connectivity index (χ0v) is 4.85. The van der Waals surface area contributed by atoms with Gasteiger partial charge in [-0.05, 0) is 6.92 Å². The van der Waals surface area contributed by atoms with Crippen molar-refractivity contribution in [1.82, 2.24) is 0 Å². The SMILES string of the molecule is CC1(S)N=NCO1. The Hall–Kier alpha value is -0.0900. The van der Waals surface area contributed by atoms with Crippen LogP contribution in [0.4, 0.5) is 0 Å². The predicted octanol–water partition coefficient (Wildman–Crippen LogP) is 1.03. The van der Waals surface area contributed by atoms with E-state index in [1.54, 1.807) is 6.92 Å². The van der Waals surface area contributed by atoms with Crippen LogP contribution in [-0.4, -0.2) is 11.8 Å². The first-order valence-electron chi connectivity index (χ1n) is 1.96. The van der Waals surface area contributed by atoms with Gasteiger partial charge in [-0.2, -0.15) is 5.11 Å². The number of nitrogens with zero attached hydrogens (tertiary/aromatic N) is 2. The summed E-state index contributed by atoms with van der Waals surface area (Å²) in [6.07, 6.45) is 0. The Balaban J connectivity index is 2.57. The van der Waals surface area contributed by atoms with E-state index in [-0.39, 0.29) is 0 Å². The highest BCUT2D eigenvalue weighted by Crippen LogP contribution is 2.21. The molecule has 0 amide bonds. The van der Waals surface area contributed by atoms with Crippen LogP contribution in [0.25, 0.3) is 0 Å². The Morgan fingerprint density at radius 2 is 2.57 bits per heavy atom. The van der Waals surface area contributed by atoms with Crippen molar-refractivity contribution in [2.24, 2.45) is 10.2 Å². The monoisotopic (exact) mass is 118 g/mol. The van der Waals surface area contributed by atoms with E-state index in [1.807, 2.05) is 0 Å². The first-order valence-corrected chi connectivity index (χ1v) is 2.40. The van der Waals surface area contributed by atoms with Crippen molar-refractivity contribution in [2.45, 2.75) is 12.0 Å². The first kappa shape index (κ1) is 5.05. The fraction of sp³-hybridized carbons (Fsp3) is 1.00. The molecule has 0 spiro atoms. The summed E-state index contributed by atoms with van der Waals surface area (Å²) in [5.41, 5.74) is 0. The van der Waals surface area contributed by atoms with Gasteiger partial charge in [0.05, 0.1) is 0 Å². The molecule has 1 atom stereocenters. The molecule has 0 aromatic rings. The van der Waals surface area contributed by atoms with Gasteiger partial charge in [-0.1, -0.05) is 0 Å². The number of rotatable bonds is 0. The third-order valence-electron chi connectivity index (χ3n) is 0.652. The zero-order valence-electron chi connectivity index (χ0n) is 3.96. The highest BCUT2D eigenvalue weighted by Gasteiger charge is 2.21. The maximum Gasteiger partial charge on any atom is 0.222 e. The Bertz CT molecular complexity index is 101. The number of thiol groups is 1. The minimum atomic E-state index is -0.653. The van der Waals surface area contributed by atoms with E-state index < -0.39 is 5.06 Å². The van der Waals surface area contributed by atoms with Crippen LogP contribution < -0.4 is 0 Å². The molecule has 0 aliphatic carbocycles. The van der Waals surface area contributed by atoms with Crippen LogP contribution in [0.15, 0.2) is 10.2 Å². The summed E-state index contributed by atoms with van der Waals surface area (Å²) in [4.78, 5) is 0. The average molecular weight is 118 g/mol. The third-order valence-corrected chi connectivity index (χ3v) is 0.871. The van der Waals surface area contributed by atoms with Gasteiger partial charge in [0, 0.05) is 0 Å². The van der Waals surface area contributed by atoms with E-state index in [9.17, 15) is 0 Å². The molecule has 40 valence electrons. The molecule has 7 heavy (non-hydrogen) atoms. The smallest absolute Gasteiger partial charge is 0.222 e. The van der Waals surface area contributed by atoms with E-state index >= 15 is 0 Å². The van der Waals surface area contributed by atoms with Crippen LogP contribution in [0, 0.1) is 0 Å². The Kier molecular flexibility index (Phi) is 1.05. The van der Waals surface area contributed by atoms with E-state index in [2.05, 4.69) is 22.9 Å². The van der Waals surface area contributed by atoms with E-state index in [4.69, 9.17) is 4.74 Å². The van der Waals surface area contributed by atoms with Crippen molar-refractivity contribution in [2.75, 3.05) is 6.73 Å². The first-order chi connectivity index (χ1) is 3.21. The van der Waals surface area contributed by atoms with Gasteiger partial charge in [0.1, 0.15) is 0 Å². The highest BCUT2D eigenvalue weighted by molar-refractivity contribution is 7.81. The van der Waals surface area contributed by atoms with Crippen LogP contribution in [0.2, 0.25) is 0 Å². The van der Waals surface area contributed by atoms with Gasteiger partial charge in [0.25, 0.3) is 0 Å². The van der Waals surface area contributed by atoms with Gasteiger partial charge in [0.15, 0.2) is 6.73 Å². The molecule has 4 heteroatoms. The normalized spacial score (nSPS) is 39.7. The Morgan fingerprint density at radius 3 is 2.71 bits per heavy atom. The van der Waals surface area contributed by atoms with E-state index in [1.165, 1.54) is 0 Å². The molecule has 1 aliphatic rings. The van der Waals surface area contributed by atoms with Crippen molar-refractivity contribution in [1.29, 1.82) is 0 Å². The fourth-order valence-corrected chi connectivity index (χ4v) is 0.461. The molecule has 0 saturated carbocycles. The second-order valence-corrected chi connectivity index (χ2v) is 2.28. The highest BCUT2D eigenvalue weighted by atomic mass is 32.1. The molecule has 1 rings (SSSR count). The summed E-state index contributed by atoms with van der Waals surface area (Å²) in [7, 11) is 0. The Labute approximate surface area is 47.2 Å². The summed E-state index contributed by atoms with van der Waals surface area (Å²) in [6, 6.07) is 0. The van der Waals surface area contributed by atoms with Crippen molar-refractivity contribution in [3.8, 4) is 0 Å². The van der Waals surface area contributed by atoms with E-state index in [0.29, 0.717) is 6.73 Å². The lowest BCUT2D eigenvalue weighted by atomic mass is 10.7. The number of hydrogen-bond donors (Lipinski definition) is 1. The van der Waals surface area contributed by atoms with Crippen LogP contribution in [-0.2, 0) is 4.74 Å². The fourth-order valence-electron chi connectivity index (χ4n) is 0.340. The molecule has 0 saturated heterocycles. The van der Waals surface area contributed by atoms with Gasteiger partial charge in [0.2, 0.25) is 5.06 Å². The lowest BCUT2D eigenvalue weighted by molar-refractivity contribution is 0.0890. The predicted molar refractivity (Wildman–Crippen MR) is 28.2 cm³/mol. The quantitative estimate of drug-likeness (QED) is 0.473. The van der Waals surface area contributed by atoms with Crippen LogP contribution >= 0.6 is 12.6 Å². The van der Waals surface area contributed by atoms with Crippen molar-refractivity contribution >= 4 is 12.6 Å². The molecule has 3 nitrogen and oxygen atoms in total. The topological polar surface area (TPSA) is 34.0 Å². The summed E-state index contributed by atoms with van der Waals surface area (Å²) >= 11 is 3.97. The van der Waals surface area contributed by atoms with Crippen molar-refractivity contribution < 1.29 is 4.74 Å². The molecular formula is C3H6N2OS. The van der Waals surface area contributed by atoms with Crippen LogP contribution in [0.1, 0.15) is 6.92 Å². The lowest BCUT2D eigenvalue weighted by Gasteiger charge is -2.07. The van der Waals surface area contributed by atoms with Crippen molar-refractivity contribution in [3.63, 3.8) is 0 Å². The number of hydrogen-bond acceptors (Lipinski definition) is 4. The molecule has 0 bridgehead atoms. The second-order valence-electron chi connectivity index (χ2n) is 1.45. The van der Waals surface area contributed by atoms with Gasteiger partial charge < -0.3 is 4.74 Å². The molecule has 1 unspecified atom stereocenters. The lowest BCUT2D eigenvalue weighted by Crippen LogP contribution is -2.11.